The molecular weight excluding hydrogens is 376 g/mol. The fourth-order valence-corrected chi connectivity index (χ4v) is 4.41. The predicted octanol–water partition coefficient (Wildman–Crippen LogP) is 2.87. The van der Waals surface area contributed by atoms with Crippen LogP contribution in [0.25, 0.3) is 10.6 Å². The fraction of sp³-hybridized carbons (Fsp3) is 0.500. The van der Waals surface area contributed by atoms with Crippen molar-refractivity contribution in [3.63, 3.8) is 0 Å². The van der Waals surface area contributed by atoms with Crippen molar-refractivity contribution in [1.82, 2.24) is 15.1 Å². The van der Waals surface area contributed by atoms with Gasteiger partial charge in [0, 0.05) is 36.9 Å². The van der Waals surface area contributed by atoms with Crippen molar-refractivity contribution in [2.45, 2.75) is 38.7 Å². The number of rotatable bonds is 4. The highest BCUT2D eigenvalue weighted by Gasteiger charge is 2.32. The zero-order valence-corrected chi connectivity index (χ0v) is 16.7. The molecule has 1 aromatic heterocycles. The lowest BCUT2D eigenvalue weighted by Gasteiger charge is -2.32. The summed E-state index contributed by atoms with van der Waals surface area (Å²) in [7, 11) is 0. The summed E-state index contributed by atoms with van der Waals surface area (Å²) in [6, 6.07) is 7.68. The van der Waals surface area contributed by atoms with E-state index >= 15 is 0 Å². The summed E-state index contributed by atoms with van der Waals surface area (Å²) in [5.41, 5.74) is 1.70. The van der Waals surface area contributed by atoms with Gasteiger partial charge in [-0.2, -0.15) is 0 Å². The largest absolute Gasteiger partial charge is 0.368 e. The number of hydrogen-bond donors (Lipinski definition) is 1. The summed E-state index contributed by atoms with van der Waals surface area (Å²) in [5.74, 6) is 0.00666. The maximum absolute atomic E-state index is 12.7. The summed E-state index contributed by atoms with van der Waals surface area (Å²) in [4.78, 5) is 27.0. The zero-order chi connectivity index (χ0) is 19.5. The Kier molecular flexibility index (Phi) is 5.68. The van der Waals surface area contributed by atoms with E-state index in [9.17, 15) is 9.59 Å². The molecule has 1 atom stereocenters. The molecule has 2 amide bonds. The minimum atomic E-state index is -0.280. The summed E-state index contributed by atoms with van der Waals surface area (Å²) >= 11 is 1.53. The molecule has 1 aromatic carbocycles. The van der Waals surface area contributed by atoms with Crippen molar-refractivity contribution in [1.29, 1.82) is 0 Å². The number of hydrogen-bond acceptors (Lipinski definition) is 6. The lowest BCUT2D eigenvalue weighted by molar-refractivity contribution is -0.143. The second-order valence-electron chi connectivity index (χ2n) is 7.30. The summed E-state index contributed by atoms with van der Waals surface area (Å²) in [6.07, 6.45) is 2.84. The van der Waals surface area contributed by atoms with Gasteiger partial charge in [0.15, 0.2) is 0 Å². The number of aromatic nitrogens is 2. The van der Waals surface area contributed by atoms with E-state index in [0.717, 1.165) is 34.1 Å². The number of aryl methyl sites for hydroxylation is 1. The van der Waals surface area contributed by atoms with Crippen molar-refractivity contribution in [3.8, 4) is 10.6 Å². The fourth-order valence-electron chi connectivity index (χ4n) is 3.73. The third-order valence-electron chi connectivity index (χ3n) is 5.29. The molecule has 2 fully saturated rings. The first-order valence-electron chi connectivity index (χ1n) is 9.72. The minimum absolute atomic E-state index is 0.00908. The number of carbonyl (C=O) groups excluding carboxylic acids is 2. The lowest BCUT2D eigenvalue weighted by Crippen LogP contribution is -2.45. The van der Waals surface area contributed by atoms with Gasteiger partial charge in [-0.15, -0.1) is 10.2 Å². The number of likely N-dealkylation sites (tertiary alicyclic amines) is 1. The highest BCUT2D eigenvalue weighted by molar-refractivity contribution is 7.14. The Morgan fingerprint density at radius 1 is 1.21 bits per heavy atom. The number of nitrogens with zero attached hydrogens (tertiary/aromatic N) is 3. The quantitative estimate of drug-likeness (QED) is 0.853. The van der Waals surface area contributed by atoms with Gasteiger partial charge >= 0.3 is 0 Å². The number of carbonyl (C=O) groups is 2. The molecule has 2 aromatic rings. The molecule has 7 nitrogen and oxygen atoms in total. The third kappa shape index (κ3) is 4.23. The Hall–Kier alpha value is -2.32. The van der Waals surface area contributed by atoms with Gasteiger partial charge in [0.2, 0.25) is 5.91 Å². The Bertz CT molecular complexity index is 855. The SMILES string of the molecule is Cc1nnc(-c2cccc(NC(=O)C3CCN(C(=O)[C@@H]4CCCO4)CC3)c2)s1. The molecule has 0 aliphatic carbocycles. The van der Waals surface area contributed by atoms with Gasteiger partial charge in [-0.3, -0.25) is 9.59 Å². The van der Waals surface area contributed by atoms with Gasteiger partial charge in [-0.05, 0) is 44.7 Å². The van der Waals surface area contributed by atoms with Crippen molar-refractivity contribution in [2.75, 3.05) is 25.0 Å². The lowest BCUT2D eigenvalue weighted by atomic mass is 9.95. The maximum atomic E-state index is 12.7. The van der Waals surface area contributed by atoms with Gasteiger partial charge in [-0.1, -0.05) is 23.5 Å². The Morgan fingerprint density at radius 2 is 2.04 bits per heavy atom. The predicted molar refractivity (Wildman–Crippen MR) is 107 cm³/mol. The molecule has 3 heterocycles. The Labute approximate surface area is 168 Å². The molecule has 0 unspecified atom stereocenters. The summed E-state index contributed by atoms with van der Waals surface area (Å²) < 4.78 is 5.49. The van der Waals surface area contributed by atoms with Gasteiger partial charge in [0.05, 0.1) is 0 Å². The van der Waals surface area contributed by atoms with Crippen LogP contribution in [0.1, 0.15) is 30.7 Å². The van der Waals surface area contributed by atoms with Crippen LogP contribution < -0.4 is 5.32 Å². The van der Waals surface area contributed by atoms with E-state index in [1.807, 2.05) is 36.1 Å². The Morgan fingerprint density at radius 3 is 2.71 bits per heavy atom. The van der Waals surface area contributed by atoms with E-state index in [-0.39, 0.29) is 23.8 Å². The smallest absolute Gasteiger partial charge is 0.251 e. The van der Waals surface area contributed by atoms with E-state index in [0.29, 0.717) is 32.5 Å². The molecule has 4 rings (SSSR count). The normalized spacial score (nSPS) is 20.3. The second-order valence-corrected chi connectivity index (χ2v) is 8.48. The number of ether oxygens (including phenoxy) is 1. The summed E-state index contributed by atoms with van der Waals surface area (Å²) in [5, 5.41) is 13.0. The second kappa shape index (κ2) is 8.36. The van der Waals surface area contributed by atoms with Crippen LogP contribution in [0.4, 0.5) is 5.69 Å². The molecule has 8 heteroatoms. The van der Waals surface area contributed by atoms with Crippen molar-refractivity contribution >= 4 is 28.8 Å². The monoisotopic (exact) mass is 400 g/mol. The van der Waals surface area contributed by atoms with E-state index < -0.39 is 0 Å². The first kappa shape index (κ1) is 19.0. The van der Waals surface area contributed by atoms with E-state index in [1.54, 1.807) is 0 Å². The highest BCUT2D eigenvalue weighted by atomic mass is 32.1. The van der Waals surface area contributed by atoms with E-state index in [2.05, 4.69) is 15.5 Å². The average molecular weight is 401 g/mol. The van der Waals surface area contributed by atoms with Crippen molar-refractivity contribution in [2.24, 2.45) is 5.92 Å². The van der Waals surface area contributed by atoms with Crippen LogP contribution in [0.15, 0.2) is 24.3 Å². The van der Waals surface area contributed by atoms with Gasteiger partial charge < -0.3 is 15.0 Å². The van der Waals surface area contributed by atoms with Crippen LogP contribution >= 0.6 is 11.3 Å². The molecule has 2 aliphatic rings. The Balaban J connectivity index is 1.33. The molecule has 28 heavy (non-hydrogen) atoms. The third-order valence-corrected chi connectivity index (χ3v) is 6.17. The molecule has 2 aliphatic heterocycles. The molecule has 148 valence electrons. The number of nitrogens with one attached hydrogen (secondary N) is 1. The molecule has 0 radical (unpaired) electrons. The molecular formula is C20H24N4O3S. The van der Waals surface area contributed by atoms with Gasteiger partial charge in [-0.25, -0.2) is 0 Å². The number of anilines is 1. The van der Waals surface area contributed by atoms with Crippen LogP contribution in [0.5, 0.6) is 0 Å². The van der Waals surface area contributed by atoms with Crippen LogP contribution in [-0.4, -0.2) is 52.7 Å². The van der Waals surface area contributed by atoms with Gasteiger partial charge in [0.1, 0.15) is 16.1 Å². The molecule has 0 spiro atoms. The van der Waals surface area contributed by atoms with E-state index in [1.165, 1.54) is 11.3 Å². The average Bonchev–Trinajstić information content (AvgIpc) is 3.40. The standard InChI is InChI=1S/C20H24N4O3S/c1-13-22-23-19(28-13)15-4-2-5-16(12-15)21-18(25)14-7-9-24(10-8-14)20(26)17-6-3-11-27-17/h2,4-5,12,14,17H,3,6-11H2,1H3,(H,21,25)/t17-/m0/s1. The van der Waals surface area contributed by atoms with Crippen LogP contribution in [0, 0.1) is 12.8 Å². The molecule has 1 N–H and O–H groups in total. The first-order valence-corrected chi connectivity index (χ1v) is 10.5. The molecule has 2 saturated heterocycles. The van der Waals surface area contributed by atoms with Crippen LogP contribution in [0.3, 0.4) is 0 Å². The minimum Gasteiger partial charge on any atom is -0.368 e. The topological polar surface area (TPSA) is 84.4 Å². The van der Waals surface area contributed by atoms with Gasteiger partial charge in [0.25, 0.3) is 5.91 Å². The van der Waals surface area contributed by atoms with Crippen molar-refractivity contribution < 1.29 is 14.3 Å². The van der Waals surface area contributed by atoms with Crippen molar-refractivity contribution in [3.05, 3.63) is 29.3 Å². The zero-order valence-electron chi connectivity index (χ0n) is 15.9. The summed E-state index contributed by atoms with van der Waals surface area (Å²) in [6.45, 7) is 3.81. The van der Waals surface area contributed by atoms with Crippen LogP contribution in [-0.2, 0) is 14.3 Å². The number of benzene rings is 1. The highest BCUT2D eigenvalue weighted by Crippen LogP contribution is 2.27. The maximum Gasteiger partial charge on any atom is 0.251 e. The number of amides is 2. The van der Waals surface area contributed by atoms with Crippen LogP contribution in [0.2, 0.25) is 0 Å². The first-order chi connectivity index (χ1) is 13.6. The molecule has 0 saturated carbocycles. The number of piperidine rings is 1. The van der Waals surface area contributed by atoms with E-state index in [4.69, 9.17) is 4.74 Å². The molecule has 0 bridgehead atoms.